The van der Waals surface area contributed by atoms with Crippen molar-refractivity contribution in [2.45, 2.75) is 78.1 Å². The molecule has 0 fully saturated rings. The number of hydrogen-bond donors (Lipinski definition) is 2. The number of benzene rings is 1. The van der Waals surface area contributed by atoms with Gasteiger partial charge in [-0.3, -0.25) is 9.11 Å². The van der Waals surface area contributed by atoms with Crippen molar-refractivity contribution in [1.29, 1.82) is 0 Å². The molecule has 1 aromatic rings. The highest BCUT2D eigenvalue weighted by atomic mass is 32.2. The van der Waals surface area contributed by atoms with Gasteiger partial charge in [0, 0.05) is 18.8 Å². The molecule has 0 aliphatic rings. The minimum absolute atomic E-state index is 0.104. The summed E-state index contributed by atoms with van der Waals surface area (Å²) in [6.45, 7) is 20.1. The number of hydrogen-bond acceptors (Lipinski definition) is 14. The molecule has 0 aliphatic carbocycles. The van der Waals surface area contributed by atoms with Crippen LogP contribution in [0.3, 0.4) is 0 Å². The SMILES string of the molecule is CC(C)(C)c1cc(OCCOCCOCCOCCOCCCCS(=O)(=O)O)c(OCCOCCOCCOCCOCCCCS(=O)(=O)O)c(C(C)(C)C)c1. The Kier molecular flexibility index (Phi) is 27.6. The van der Waals surface area contributed by atoms with Gasteiger partial charge in [-0.2, -0.15) is 16.8 Å². The van der Waals surface area contributed by atoms with Crippen LogP contribution in [0.25, 0.3) is 0 Å². The molecule has 0 amide bonds. The first-order valence-electron chi connectivity index (χ1n) is 19.4. The smallest absolute Gasteiger partial charge is 0.264 e. The van der Waals surface area contributed by atoms with Gasteiger partial charge in [-0.25, -0.2) is 0 Å². The molecule has 0 saturated carbocycles. The standard InChI is InChI=1S/C38H70O16S2/c1-37(2,3)33-31-34(38(4,5)6)36(54-28-26-52-24-22-50-20-18-48-16-14-46-12-8-10-30-56(42,43)44)35(32-33)53-27-25-51-23-21-49-19-17-47-15-13-45-11-7-9-29-55(39,40)41/h31-32H,7-30H2,1-6H3,(H,39,40,41)(H,42,43,44). The first-order valence-corrected chi connectivity index (χ1v) is 22.6. The van der Waals surface area contributed by atoms with Gasteiger partial charge >= 0.3 is 0 Å². The molecule has 18 heteroatoms. The van der Waals surface area contributed by atoms with Gasteiger partial charge in [-0.05, 0) is 48.1 Å². The van der Waals surface area contributed by atoms with E-state index in [-0.39, 0.29) is 22.3 Å². The van der Waals surface area contributed by atoms with Crippen LogP contribution in [0, 0.1) is 0 Å². The molecule has 0 heterocycles. The highest BCUT2D eigenvalue weighted by Crippen LogP contribution is 2.42. The Balaban J connectivity index is 2.32. The highest BCUT2D eigenvalue weighted by molar-refractivity contribution is 7.86. The zero-order valence-electron chi connectivity index (χ0n) is 34.6. The molecule has 0 aromatic heterocycles. The van der Waals surface area contributed by atoms with Crippen LogP contribution in [0.5, 0.6) is 11.5 Å². The normalized spacial score (nSPS) is 12.7. The summed E-state index contributed by atoms with van der Waals surface area (Å²) < 4.78 is 117. The summed E-state index contributed by atoms with van der Waals surface area (Å²) in [7, 11) is -7.83. The maximum Gasteiger partial charge on any atom is 0.264 e. The molecule has 0 saturated heterocycles. The zero-order valence-corrected chi connectivity index (χ0v) is 36.2. The lowest BCUT2D eigenvalue weighted by molar-refractivity contribution is -0.00565. The van der Waals surface area contributed by atoms with E-state index in [9.17, 15) is 16.8 Å². The number of ether oxygens (including phenoxy) is 10. The van der Waals surface area contributed by atoms with Crippen LogP contribution in [-0.4, -0.2) is 156 Å². The molecule has 2 N–H and O–H groups in total. The molecular formula is C38H70O16S2. The van der Waals surface area contributed by atoms with Gasteiger partial charge in [0.15, 0.2) is 11.5 Å². The van der Waals surface area contributed by atoms with E-state index >= 15 is 0 Å². The van der Waals surface area contributed by atoms with Gasteiger partial charge in [0.25, 0.3) is 20.2 Å². The van der Waals surface area contributed by atoms with E-state index in [0.717, 1.165) is 11.1 Å². The van der Waals surface area contributed by atoms with Crippen molar-refractivity contribution < 1.29 is 73.3 Å². The van der Waals surface area contributed by atoms with E-state index < -0.39 is 20.2 Å². The van der Waals surface area contributed by atoms with Crippen molar-refractivity contribution in [1.82, 2.24) is 0 Å². The second-order valence-corrected chi connectivity index (χ2v) is 18.1. The van der Waals surface area contributed by atoms with Crippen molar-refractivity contribution >= 4 is 20.2 Å². The fourth-order valence-electron chi connectivity index (χ4n) is 4.76. The monoisotopic (exact) mass is 846 g/mol. The van der Waals surface area contributed by atoms with Crippen LogP contribution in [-0.2, 0) is 69.0 Å². The third kappa shape index (κ3) is 29.5. The van der Waals surface area contributed by atoms with E-state index in [1.54, 1.807) is 0 Å². The van der Waals surface area contributed by atoms with Crippen LogP contribution >= 0.6 is 0 Å². The van der Waals surface area contributed by atoms with E-state index in [1.807, 2.05) is 6.07 Å². The minimum atomic E-state index is -3.91. The Morgan fingerprint density at radius 2 is 0.750 bits per heavy atom. The maximum atomic E-state index is 10.7. The van der Waals surface area contributed by atoms with Crippen LogP contribution in [0.2, 0.25) is 0 Å². The average Bonchev–Trinajstić information content (AvgIpc) is 3.09. The molecule has 0 aliphatic heterocycles. The fraction of sp³-hybridized carbons (Fsp3) is 0.842. The number of rotatable bonds is 36. The quantitative estimate of drug-likeness (QED) is 0.0705. The van der Waals surface area contributed by atoms with Crippen LogP contribution in [0.15, 0.2) is 12.1 Å². The predicted molar refractivity (Wildman–Crippen MR) is 213 cm³/mol. The van der Waals surface area contributed by atoms with E-state index in [2.05, 4.69) is 47.6 Å². The Bertz CT molecular complexity index is 1360. The number of unbranched alkanes of at least 4 members (excludes halogenated alkanes) is 2. The summed E-state index contributed by atoms with van der Waals surface area (Å²) in [5.74, 6) is 0.836. The molecule has 0 unspecified atom stereocenters. The average molecular weight is 847 g/mol. The fourth-order valence-corrected chi connectivity index (χ4v) is 5.90. The van der Waals surface area contributed by atoms with Crippen molar-refractivity contribution in [2.75, 3.05) is 130 Å². The van der Waals surface area contributed by atoms with Crippen molar-refractivity contribution in [3.8, 4) is 11.5 Å². The third-order valence-corrected chi connectivity index (χ3v) is 9.41. The van der Waals surface area contributed by atoms with Crippen LogP contribution < -0.4 is 9.47 Å². The molecule has 1 aromatic carbocycles. The summed E-state index contributed by atoms with van der Waals surface area (Å²) >= 11 is 0. The first kappa shape index (κ1) is 52.3. The van der Waals surface area contributed by atoms with Crippen LogP contribution in [0.1, 0.15) is 78.4 Å². The van der Waals surface area contributed by atoms with Gasteiger partial charge in [0.2, 0.25) is 0 Å². The van der Waals surface area contributed by atoms with Gasteiger partial charge in [-0.15, -0.1) is 0 Å². The molecule has 1 rings (SSSR count). The molecule has 0 spiro atoms. The first-order chi connectivity index (χ1) is 26.4. The molecule has 0 atom stereocenters. The second-order valence-electron chi connectivity index (χ2n) is 14.9. The van der Waals surface area contributed by atoms with E-state index in [0.29, 0.717) is 156 Å². The van der Waals surface area contributed by atoms with Gasteiger partial charge in [0.1, 0.15) is 13.2 Å². The Hall–Kier alpha value is -1.68. The van der Waals surface area contributed by atoms with Crippen molar-refractivity contribution in [2.24, 2.45) is 0 Å². The maximum absolute atomic E-state index is 10.7. The lowest BCUT2D eigenvalue weighted by atomic mass is 9.80. The molecule has 0 radical (unpaired) electrons. The topological polar surface area (TPSA) is 201 Å². The third-order valence-electron chi connectivity index (χ3n) is 7.80. The molecular weight excluding hydrogens is 777 g/mol. The lowest BCUT2D eigenvalue weighted by Crippen LogP contribution is -2.20. The molecule has 16 nitrogen and oxygen atoms in total. The minimum Gasteiger partial charge on any atom is -0.487 e. The molecule has 0 bridgehead atoms. The van der Waals surface area contributed by atoms with Crippen molar-refractivity contribution in [3.05, 3.63) is 23.3 Å². The highest BCUT2D eigenvalue weighted by Gasteiger charge is 2.27. The Morgan fingerprint density at radius 1 is 0.429 bits per heavy atom. The summed E-state index contributed by atoms with van der Waals surface area (Å²) in [5, 5.41) is 0. The molecule has 330 valence electrons. The van der Waals surface area contributed by atoms with Gasteiger partial charge in [0.05, 0.1) is 104 Å². The lowest BCUT2D eigenvalue weighted by Gasteiger charge is -2.29. The predicted octanol–water partition coefficient (Wildman–Crippen LogP) is 4.51. The largest absolute Gasteiger partial charge is 0.487 e. The van der Waals surface area contributed by atoms with Crippen LogP contribution in [0.4, 0.5) is 0 Å². The summed E-state index contributed by atoms with van der Waals surface area (Å²) in [6.07, 6.45) is 1.80. The summed E-state index contributed by atoms with van der Waals surface area (Å²) in [5.41, 5.74) is 1.88. The Labute approximate surface area is 336 Å². The second kappa shape index (κ2) is 29.5. The van der Waals surface area contributed by atoms with Gasteiger partial charge in [-0.1, -0.05) is 47.6 Å². The van der Waals surface area contributed by atoms with E-state index in [1.165, 1.54) is 0 Å². The van der Waals surface area contributed by atoms with Crippen molar-refractivity contribution in [3.63, 3.8) is 0 Å². The van der Waals surface area contributed by atoms with Gasteiger partial charge < -0.3 is 47.4 Å². The summed E-state index contributed by atoms with van der Waals surface area (Å²) in [4.78, 5) is 0. The summed E-state index contributed by atoms with van der Waals surface area (Å²) in [6, 6.07) is 4.24. The zero-order chi connectivity index (χ0) is 41.8. The van der Waals surface area contributed by atoms with E-state index in [4.69, 9.17) is 56.5 Å². The molecule has 56 heavy (non-hydrogen) atoms. The Morgan fingerprint density at radius 3 is 1.07 bits per heavy atom.